The number of carbonyl (C=O) groups is 2. The molecule has 3 heterocycles. The number of thioether (sulfide) groups is 1. The number of fused-ring (bicyclic) bond motifs is 1. The number of ether oxygens (including phenoxy) is 2. The topological polar surface area (TPSA) is 69.9 Å². The summed E-state index contributed by atoms with van der Waals surface area (Å²) < 4.78 is 12.4. The van der Waals surface area contributed by atoms with Crippen molar-refractivity contribution in [1.82, 2.24) is 9.61 Å². The van der Waals surface area contributed by atoms with E-state index in [9.17, 15) is 9.59 Å². The van der Waals surface area contributed by atoms with Gasteiger partial charge in [0.05, 0.1) is 12.1 Å². The minimum atomic E-state index is -0.457. The molecule has 1 fully saturated rings. The van der Waals surface area contributed by atoms with E-state index in [1.165, 1.54) is 11.8 Å². The second-order valence-electron chi connectivity index (χ2n) is 5.54. The van der Waals surface area contributed by atoms with Crippen LogP contribution in [0.5, 0.6) is 0 Å². The Morgan fingerprint density at radius 2 is 2.29 bits per heavy atom. The molecule has 0 aliphatic carbocycles. The van der Waals surface area contributed by atoms with Crippen LogP contribution >= 0.6 is 11.8 Å². The van der Waals surface area contributed by atoms with Gasteiger partial charge in [-0.3, -0.25) is 4.79 Å². The van der Waals surface area contributed by atoms with Crippen LogP contribution in [-0.4, -0.2) is 46.9 Å². The standard InChI is InChI=1S/C17H20N2O4S/c1-3-22-17(21)13-14-11(15(20)12-8-4-5-10-23-12)7-6-9-19(14)18-16(13)24-2/h6-7,9,12H,3-5,8,10H2,1-2H3. The lowest BCUT2D eigenvalue weighted by atomic mass is 9.98. The molecule has 7 heteroatoms. The first-order chi connectivity index (χ1) is 11.7. The lowest BCUT2D eigenvalue weighted by molar-refractivity contribution is 0.0187. The Balaban J connectivity index is 2.12. The fraction of sp³-hybridized carbons (Fsp3) is 0.471. The summed E-state index contributed by atoms with van der Waals surface area (Å²) in [5, 5.41) is 4.96. The van der Waals surface area contributed by atoms with Crippen molar-refractivity contribution < 1.29 is 19.1 Å². The van der Waals surface area contributed by atoms with Gasteiger partial charge in [-0.05, 0) is 44.6 Å². The average Bonchev–Trinajstić information content (AvgIpc) is 3.00. The SMILES string of the molecule is CCOC(=O)c1c(SC)nn2cccc(C(=O)C3CCCCO3)c12. The first-order valence-corrected chi connectivity index (χ1v) is 9.28. The van der Waals surface area contributed by atoms with Gasteiger partial charge in [-0.1, -0.05) is 0 Å². The van der Waals surface area contributed by atoms with Crippen molar-refractivity contribution >= 4 is 29.0 Å². The molecule has 0 spiro atoms. The average molecular weight is 348 g/mol. The Morgan fingerprint density at radius 1 is 1.46 bits per heavy atom. The third-order valence-electron chi connectivity index (χ3n) is 4.03. The molecular weight excluding hydrogens is 328 g/mol. The maximum atomic E-state index is 12.9. The van der Waals surface area contributed by atoms with Crippen LogP contribution in [0.25, 0.3) is 5.52 Å². The summed E-state index contributed by atoms with van der Waals surface area (Å²) in [4.78, 5) is 25.3. The van der Waals surface area contributed by atoms with Gasteiger partial charge in [0.1, 0.15) is 16.7 Å². The van der Waals surface area contributed by atoms with E-state index in [2.05, 4.69) is 5.10 Å². The lowest BCUT2D eigenvalue weighted by Crippen LogP contribution is -2.28. The third kappa shape index (κ3) is 3.06. The Kier molecular flexibility index (Phi) is 5.20. The van der Waals surface area contributed by atoms with Gasteiger partial charge in [-0.15, -0.1) is 11.8 Å². The van der Waals surface area contributed by atoms with E-state index in [1.54, 1.807) is 29.8 Å². The second kappa shape index (κ2) is 7.36. The molecule has 0 aromatic carbocycles. The second-order valence-corrected chi connectivity index (χ2v) is 6.33. The molecule has 1 saturated heterocycles. The van der Waals surface area contributed by atoms with Gasteiger partial charge in [0.2, 0.25) is 0 Å². The molecule has 1 unspecified atom stereocenters. The van der Waals surface area contributed by atoms with E-state index in [0.717, 1.165) is 12.8 Å². The zero-order chi connectivity index (χ0) is 17.1. The highest BCUT2D eigenvalue weighted by molar-refractivity contribution is 7.98. The molecule has 24 heavy (non-hydrogen) atoms. The summed E-state index contributed by atoms with van der Waals surface area (Å²) in [6.07, 6.45) is 5.78. The smallest absolute Gasteiger partial charge is 0.343 e. The first-order valence-electron chi connectivity index (χ1n) is 8.05. The van der Waals surface area contributed by atoms with Gasteiger partial charge in [0, 0.05) is 18.4 Å². The van der Waals surface area contributed by atoms with Crippen LogP contribution in [-0.2, 0) is 9.47 Å². The Labute approximate surface area is 144 Å². The fourth-order valence-electron chi connectivity index (χ4n) is 2.93. The molecule has 0 bridgehead atoms. The van der Waals surface area contributed by atoms with Gasteiger partial charge in [0.15, 0.2) is 5.78 Å². The van der Waals surface area contributed by atoms with Crippen molar-refractivity contribution in [2.24, 2.45) is 0 Å². The summed E-state index contributed by atoms with van der Waals surface area (Å²) in [6, 6.07) is 3.49. The van der Waals surface area contributed by atoms with Crippen molar-refractivity contribution in [1.29, 1.82) is 0 Å². The molecule has 0 saturated carbocycles. The molecule has 1 aliphatic rings. The van der Waals surface area contributed by atoms with Crippen molar-refractivity contribution in [3.63, 3.8) is 0 Å². The number of rotatable bonds is 5. The molecule has 1 atom stereocenters. The zero-order valence-electron chi connectivity index (χ0n) is 13.8. The lowest BCUT2D eigenvalue weighted by Gasteiger charge is -2.21. The van der Waals surface area contributed by atoms with E-state index in [-0.39, 0.29) is 12.4 Å². The zero-order valence-corrected chi connectivity index (χ0v) is 14.6. The number of carbonyl (C=O) groups excluding carboxylic acids is 2. The highest BCUT2D eigenvalue weighted by atomic mass is 32.2. The summed E-state index contributed by atoms with van der Waals surface area (Å²) in [5.41, 5.74) is 1.31. The number of pyridine rings is 1. The van der Waals surface area contributed by atoms with E-state index in [4.69, 9.17) is 9.47 Å². The third-order valence-corrected chi connectivity index (χ3v) is 4.71. The molecule has 128 valence electrons. The van der Waals surface area contributed by atoms with Gasteiger partial charge in [0.25, 0.3) is 0 Å². The predicted octanol–water partition coefficient (Wildman–Crippen LogP) is 2.98. The van der Waals surface area contributed by atoms with E-state index in [0.29, 0.717) is 34.7 Å². The van der Waals surface area contributed by atoms with Crippen molar-refractivity contribution in [2.45, 2.75) is 37.3 Å². The molecule has 2 aromatic rings. The van der Waals surface area contributed by atoms with Gasteiger partial charge in [-0.25, -0.2) is 9.31 Å². The Bertz CT molecular complexity index is 765. The number of aromatic nitrogens is 2. The number of ketones is 1. The molecule has 1 aliphatic heterocycles. The van der Waals surface area contributed by atoms with Crippen molar-refractivity contribution in [2.75, 3.05) is 19.5 Å². The number of Topliss-reactive ketones (excluding diaryl/α,β-unsaturated/α-hetero) is 1. The first kappa shape index (κ1) is 17.0. The monoisotopic (exact) mass is 348 g/mol. The van der Waals surface area contributed by atoms with E-state index >= 15 is 0 Å². The Hall–Kier alpha value is -1.86. The molecule has 6 nitrogen and oxygen atoms in total. The van der Waals surface area contributed by atoms with Crippen LogP contribution in [0.15, 0.2) is 23.4 Å². The maximum absolute atomic E-state index is 12.9. The van der Waals surface area contributed by atoms with Crippen LogP contribution in [0.3, 0.4) is 0 Å². The number of esters is 1. The molecule has 2 aromatic heterocycles. The summed E-state index contributed by atoms with van der Waals surface area (Å²) in [5.74, 6) is -0.555. The van der Waals surface area contributed by atoms with Gasteiger partial charge in [-0.2, -0.15) is 5.10 Å². The summed E-state index contributed by atoms with van der Waals surface area (Å²) in [6.45, 7) is 2.62. The van der Waals surface area contributed by atoms with Crippen LogP contribution in [0.2, 0.25) is 0 Å². The minimum Gasteiger partial charge on any atom is -0.462 e. The number of hydrogen-bond acceptors (Lipinski definition) is 6. The van der Waals surface area contributed by atoms with Gasteiger partial charge < -0.3 is 9.47 Å². The molecule has 0 radical (unpaired) electrons. The van der Waals surface area contributed by atoms with Crippen LogP contribution in [0.4, 0.5) is 0 Å². The number of nitrogens with zero attached hydrogens (tertiary/aromatic N) is 2. The number of hydrogen-bond donors (Lipinski definition) is 0. The molecule has 3 rings (SSSR count). The van der Waals surface area contributed by atoms with Crippen LogP contribution < -0.4 is 0 Å². The molecular formula is C17H20N2O4S. The fourth-order valence-corrected chi connectivity index (χ4v) is 3.48. The minimum absolute atomic E-state index is 0.0987. The molecule has 0 amide bonds. The van der Waals surface area contributed by atoms with E-state index in [1.807, 2.05) is 6.26 Å². The van der Waals surface area contributed by atoms with Crippen LogP contribution in [0.1, 0.15) is 46.9 Å². The largest absolute Gasteiger partial charge is 0.462 e. The van der Waals surface area contributed by atoms with E-state index < -0.39 is 12.1 Å². The predicted molar refractivity (Wildman–Crippen MR) is 90.9 cm³/mol. The molecule has 0 N–H and O–H groups in total. The highest BCUT2D eigenvalue weighted by Crippen LogP contribution is 2.29. The summed E-state index contributed by atoms with van der Waals surface area (Å²) in [7, 11) is 0. The van der Waals surface area contributed by atoms with Gasteiger partial charge >= 0.3 is 5.97 Å². The summed E-state index contributed by atoms with van der Waals surface area (Å²) >= 11 is 1.36. The normalized spacial score (nSPS) is 17.8. The van der Waals surface area contributed by atoms with Crippen molar-refractivity contribution in [3.8, 4) is 0 Å². The van der Waals surface area contributed by atoms with Crippen LogP contribution in [0, 0.1) is 0 Å². The Morgan fingerprint density at radius 3 is 2.96 bits per heavy atom. The van der Waals surface area contributed by atoms with Crippen molar-refractivity contribution in [3.05, 3.63) is 29.5 Å². The quantitative estimate of drug-likeness (QED) is 0.470. The highest BCUT2D eigenvalue weighted by Gasteiger charge is 2.29. The maximum Gasteiger partial charge on any atom is 0.343 e.